The normalized spacial score (nSPS) is 20.5. The number of benzene rings is 1. The van der Waals surface area contributed by atoms with Crippen LogP contribution in [0.15, 0.2) is 12.1 Å². The van der Waals surface area contributed by atoms with Crippen LogP contribution in [0.25, 0.3) is 0 Å². The van der Waals surface area contributed by atoms with Crippen molar-refractivity contribution in [1.29, 1.82) is 0 Å². The van der Waals surface area contributed by atoms with E-state index in [0.717, 1.165) is 12.1 Å². The highest BCUT2D eigenvalue weighted by Gasteiger charge is 2.29. The molecule has 1 aliphatic rings. The van der Waals surface area contributed by atoms with Gasteiger partial charge < -0.3 is 0 Å². The van der Waals surface area contributed by atoms with Crippen LogP contribution in [0.3, 0.4) is 0 Å². The molecule has 1 nitrogen and oxygen atoms in total. The van der Waals surface area contributed by atoms with Crippen molar-refractivity contribution in [3.8, 4) is 0 Å². The van der Waals surface area contributed by atoms with Gasteiger partial charge in [-0.15, -0.1) is 0 Å². The molecule has 0 saturated heterocycles. The van der Waals surface area contributed by atoms with Crippen molar-refractivity contribution in [3.63, 3.8) is 0 Å². The van der Waals surface area contributed by atoms with Crippen LogP contribution in [0.5, 0.6) is 0 Å². The van der Waals surface area contributed by atoms with Gasteiger partial charge in [0.15, 0.2) is 5.78 Å². The van der Waals surface area contributed by atoms with Crippen LogP contribution in [-0.4, -0.2) is 5.78 Å². The lowest BCUT2D eigenvalue weighted by Gasteiger charge is -1.98. The summed E-state index contributed by atoms with van der Waals surface area (Å²) in [6, 6.07) is 1.94. The molecule has 1 aromatic rings. The fourth-order valence-electron chi connectivity index (χ4n) is 1.70. The van der Waals surface area contributed by atoms with Crippen LogP contribution < -0.4 is 0 Å². The smallest absolute Gasteiger partial charge is 0.166 e. The van der Waals surface area contributed by atoms with Crippen LogP contribution in [0, 0.1) is 17.6 Å². The summed E-state index contributed by atoms with van der Waals surface area (Å²) in [7, 11) is 0. The number of ketones is 1. The molecule has 0 fully saturated rings. The first-order chi connectivity index (χ1) is 6.09. The van der Waals surface area contributed by atoms with Crippen LogP contribution in [0.1, 0.15) is 22.8 Å². The molecule has 68 valence electrons. The van der Waals surface area contributed by atoms with Gasteiger partial charge >= 0.3 is 0 Å². The molecular formula is C10H8F2O. The highest BCUT2D eigenvalue weighted by atomic mass is 19.1. The number of carbonyl (C=O) groups is 1. The van der Waals surface area contributed by atoms with E-state index in [-0.39, 0.29) is 17.3 Å². The average Bonchev–Trinajstić information content (AvgIpc) is 2.32. The highest BCUT2D eigenvalue weighted by molar-refractivity contribution is 6.02. The van der Waals surface area contributed by atoms with Gasteiger partial charge in [-0.3, -0.25) is 4.79 Å². The third-order valence-electron chi connectivity index (χ3n) is 2.38. The second-order valence-corrected chi connectivity index (χ2v) is 3.38. The zero-order valence-electron chi connectivity index (χ0n) is 7.10. The Morgan fingerprint density at radius 3 is 2.77 bits per heavy atom. The minimum Gasteiger partial charge on any atom is -0.294 e. The van der Waals surface area contributed by atoms with Crippen molar-refractivity contribution in [2.24, 2.45) is 5.92 Å². The Kier molecular flexibility index (Phi) is 1.68. The molecule has 3 heteroatoms. The van der Waals surface area contributed by atoms with Crippen molar-refractivity contribution >= 4 is 5.78 Å². The summed E-state index contributed by atoms with van der Waals surface area (Å²) in [6.07, 6.45) is 0.389. The summed E-state index contributed by atoms with van der Waals surface area (Å²) in [5.74, 6) is -1.66. The zero-order valence-corrected chi connectivity index (χ0v) is 7.10. The molecule has 0 amide bonds. The standard InChI is InChI=1S/C10H8F2O/c1-5-2-7-8(10(5)13)3-6(11)4-9(7)12/h3-5H,2H2,1H3/t5-/m1/s1. The lowest BCUT2D eigenvalue weighted by atomic mass is 10.1. The van der Waals surface area contributed by atoms with Crippen LogP contribution in [-0.2, 0) is 6.42 Å². The van der Waals surface area contributed by atoms with Gasteiger partial charge in [0, 0.05) is 17.5 Å². The molecular weight excluding hydrogens is 174 g/mol. The number of Topliss-reactive ketones (excluding diaryl/α,β-unsaturated/α-hetero) is 1. The molecule has 0 spiro atoms. The van der Waals surface area contributed by atoms with Gasteiger partial charge in [-0.05, 0) is 18.1 Å². The molecule has 2 rings (SSSR count). The largest absolute Gasteiger partial charge is 0.294 e. The molecule has 1 atom stereocenters. The van der Waals surface area contributed by atoms with E-state index >= 15 is 0 Å². The molecule has 1 aliphatic carbocycles. The van der Waals surface area contributed by atoms with E-state index in [1.807, 2.05) is 0 Å². The molecule has 0 bridgehead atoms. The molecule has 0 aliphatic heterocycles. The maximum absolute atomic E-state index is 13.1. The number of hydrogen-bond donors (Lipinski definition) is 0. The van der Waals surface area contributed by atoms with E-state index in [1.54, 1.807) is 6.92 Å². The van der Waals surface area contributed by atoms with Gasteiger partial charge in [-0.25, -0.2) is 8.78 Å². The van der Waals surface area contributed by atoms with Crippen molar-refractivity contribution in [3.05, 3.63) is 34.9 Å². The molecule has 0 aromatic heterocycles. The van der Waals surface area contributed by atoms with E-state index in [1.165, 1.54) is 0 Å². The quantitative estimate of drug-likeness (QED) is 0.601. The third-order valence-corrected chi connectivity index (χ3v) is 2.38. The van der Waals surface area contributed by atoms with Crippen LogP contribution in [0.4, 0.5) is 8.78 Å². The Morgan fingerprint density at radius 1 is 1.38 bits per heavy atom. The Hall–Kier alpha value is -1.25. The van der Waals surface area contributed by atoms with E-state index in [9.17, 15) is 13.6 Å². The van der Waals surface area contributed by atoms with E-state index < -0.39 is 11.6 Å². The monoisotopic (exact) mass is 182 g/mol. The molecule has 13 heavy (non-hydrogen) atoms. The number of fused-ring (bicyclic) bond motifs is 1. The molecule has 0 unspecified atom stereocenters. The maximum atomic E-state index is 13.1. The van der Waals surface area contributed by atoms with Crippen molar-refractivity contribution in [2.75, 3.05) is 0 Å². The van der Waals surface area contributed by atoms with Gasteiger partial charge in [0.1, 0.15) is 11.6 Å². The van der Waals surface area contributed by atoms with Crippen LogP contribution in [0.2, 0.25) is 0 Å². The molecule has 0 radical (unpaired) electrons. The van der Waals surface area contributed by atoms with Crippen molar-refractivity contribution in [2.45, 2.75) is 13.3 Å². The first-order valence-corrected chi connectivity index (χ1v) is 4.11. The lowest BCUT2D eigenvalue weighted by molar-refractivity contribution is 0.0946. The summed E-state index contributed by atoms with van der Waals surface area (Å²) >= 11 is 0. The number of halogens is 2. The van der Waals surface area contributed by atoms with Gasteiger partial charge in [0.25, 0.3) is 0 Å². The topological polar surface area (TPSA) is 17.1 Å². The van der Waals surface area contributed by atoms with E-state index in [0.29, 0.717) is 12.0 Å². The number of rotatable bonds is 0. The molecule has 1 aromatic carbocycles. The fraction of sp³-hybridized carbons (Fsp3) is 0.300. The van der Waals surface area contributed by atoms with Gasteiger partial charge in [0.05, 0.1) is 0 Å². The first kappa shape index (κ1) is 8.35. The summed E-state index contributed by atoms with van der Waals surface area (Å²) in [5, 5.41) is 0. The minimum absolute atomic E-state index is 0.159. The number of carbonyl (C=O) groups excluding carboxylic acids is 1. The van der Waals surface area contributed by atoms with Gasteiger partial charge in [-0.2, -0.15) is 0 Å². The fourth-order valence-corrected chi connectivity index (χ4v) is 1.70. The van der Waals surface area contributed by atoms with Crippen molar-refractivity contribution < 1.29 is 13.6 Å². The number of hydrogen-bond acceptors (Lipinski definition) is 1. The highest BCUT2D eigenvalue weighted by Crippen LogP contribution is 2.29. The van der Waals surface area contributed by atoms with Crippen LogP contribution >= 0.6 is 0 Å². The van der Waals surface area contributed by atoms with E-state index in [4.69, 9.17) is 0 Å². The zero-order chi connectivity index (χ0) is 9.59. The van der Waals surface area contributed by atoms with E-state index in [2.05, 4.69) is 0 Å². The minimum atomic E-state index is -0.682. The summed E-state index contributed by atoms with van der Waals surface area (Å²) in [4.78, 5) is 11.4. The third kappa shape index (κ3) is 1.15. The second-order valence-electron chi connectivity index (χ2n) is 3.38. The Morgan fingerprint density at radius 2 is 2.08 bits per heavy atom. The summed E-state index contributed by atoms with van der Waals surface area (Å²) in [6.45, 7) is 1.72. The van der Waals surface area contributed by atoms with Gasteiger partial charge in [-0.1, -0.05) is 6.92 Å². The lowest BCUT2D eigenvalue weighted by Crippen LogP contribution is -2.03. The SMILES string of the molecule is C[C@@H]1Cc2c(F)cc(F)cc2C1=O. The Labute approximate surface area is 74.4 Å². The molecule has 0 heterocycles. The average molecular weight is 182 g/mol. The predicted molar refractivity (Wildman–Crippen MR) is 43.6 cm³/mol. The van der Waals surface area contributed by atoms with Crippen molar-refractivity contribution in [1.82, 2.24) is 0 Å². The predicted octanol–water partition coefficient (Wildman–Crippen LogP) is 2.34. The Bertz CT molecular complexity index is 385. The maximum Gasteiger partial charge on any atom is 0.166 e. The molecule has 0 saturated carbocycles. The second kappa shape index (κ2) is 2.62. The molecule has 0 N–H and O–H groups in total. The Balaban J connectivity index is 2.64. The van der Waals surface area contributed by atoms with Gasteiger partial charge in [0.2, 0.25) is 0 Å². The summed E-state index contributed by atoms with van der Waals surface area (Å²) < 4.78 is 25.8. The first-order valence-electron chi connectivity index (χ1n) is 4.11. The summed E-state index contributed by atoms with van der Waals surface area (Å²) in [5.41, 5.74) is 0.573.